The smallest absolute Gasteiger partial charge is 0.0297 e. The highest BCUT2D eigenvalue weighted by atomic mass is 14.6. The Morgan fingerprint density at radius 2 is 1.55 bits per heavy atom. The molecule has 20 heavy (non-hydrogen) atoms. The quantitative estimate of drug-likeness (QED) is 0.487. The second-order valence-electron chi connectivity index (χ2n) is 10.3. The molecular formula is C20H36. The van der Waals surface area contributed by atoms with E-state index in [0.717, 1.165) is 29.1 Å². The van der Waals surface area contributed by atoms with Crippen LogP contribution in [0, 0.1) is 39.9 Å². The zero-order chi connectivity index (χ0) is 14.8. The molecule has 0 aliphatic heterocycles. The molecule has 0 unspecified atom stereocenters. The summed E-state index contributed by atoms with van der Waals surface area (Å²) < 4.78 is 0. The molecule has 4 rings (SSSR count). The van der Waals surface area contributed by atoms with E-state index < -0.39 is 0 Å². The van der Waals surface area contributed by atoms with Gasteiger partial charge < -0.3 is 0 Å². The fourth-order valence-electron chi connectivity index (χ4n) is 6.52. The van der Waals surface area contributed by atoms with Gasteiger partial charge in [-0.1, -0.05) is 41.5 Å². The Bertz CT molecular complexity index is 371. The van der Waals surface area contributed by atoms with E-state index in [-0.39, 0.29) is 0 Å². The third-order valence-electron chi connectivity index (χ3n) is 8.23. The third-order valence-corrected chi connectivity index (χ3v) is 8.23. The van der Waals surface area contributed by atoms with Gasteiger partial charge in [0.25, 0.3) is 0 Å². The van der Waals surface area contributed by atoms with Crippen LogP contribution in [-0.2, 0) is 0 Å². The van der Waals surface area contributed by atoms with Crippen molar-refractivity contribution in [2.75, 3.05) is 0 Å². The number of hydrogen-bond donors (Lipinski definition) is 0. The lowest BCUT2D eigenvalue weighted by atomic mass is 9.70. The summed E-state index contributed by atoms with van der Waals surface area (Å²) in [6.45, 7) is 14.7. The van der Waals surface area contributed by atoms with Crippen LogP contribution in [-0.4, -0.2) is 0 Å². The van der Waals surface area contributed by atoms with Crippen molar-refractivity contribution in [3.05, 3.63) is 0 Å². The molecule has 4 saturated carbocycles. The maximum atomic E-state index is 2.47. The van der Waals surface area contributed by atoms with Crippen LogP contribution in [0.25, 0.3) is 0 Å². The van der Waals surface area contributed by atoms with E-state index in [4.69, 9.17) is 0 Å². The molecule has 0 heteroatoms. The summed E-state index contributed by atoms with van der Waals surface area (Å²) in [5.74, 6) is 4.19. The van der Waals surface area contributed by atoms with Gasteiger partial charge in [-0.25, -0.2) is 0 Å². The van der Waals surface area contributed by atoms with Crippen molar-refractivity contribution >= 4 is 0 Å². The second kappa shape index (κ2) is 4.50. The van der Waals surface area contributed by atoms with Crippen LogP contribution in [0.2, 0.25) is 0 Å². The fraction of sp³-hybridized carbons (Fsp3) is 1.00. The molecule has 4 fully saturated rings. The molecule has 0 radical (unpaired) electrons. The average Bonchev–Trinajstić information content (AvgIpc) is 3.01. The summed E-state index contributed by atoms with van der Waals surface area (Å²) in [5.41, 5.74) is 2.09. The largest absolute Gasteiger partial charge is 0.0617 e. The topological polar surface area (TPSA) is 0 Å². The van der Waals surface area contributed by atoms with E-state index in [1.807, 2.05) is 0 Å². The first kappa shape index (κ1) is 14.9. The summed E-state index contributed by atoms with van der Waals surface area (Å²) in [6.07, 6.45) is 10.6. The first-order chi connectivity index (χ1) is 9.14. The van der Waals surface area contributed by atoms with Crippen molar-refractivity contribution in [1.29, 1.82) is 0 Å². The van der Waals surface area contributed by atoms with Gasteiger partial charge in [0.05, 0.1) is 0 Å². The zero-order valence-electron chi connectivity index (χ0n) is 14.8. The molecule has 0 aromatic heterocycles. The molecule has 4 aliphatic rings. The fourth-order valence-corrected chi connectivity index (χ4v) is 6.52. The SMILES string of the molecule is CC1(C)C[C@@]2(C)CC[C@@H]1C2.C[C@H]1[C@H]2CC[C@H](C2)C1(C)C. The molecule has 0 aromatic rings. The Morgan fingerprint density at radius 3 is 1.80 bits per heavy atom. The Morgan fingerprint density at radius 1 is 0.850 bits per heavy atom. The van der Waals surface area contributed by atoms with Gasteiger partial charge in [0.1, 0.15) is 0 Å². The van der Waals surface area contributed by atoms with Crippen LogP contribution in [0.1, 0.15) is 86.5 Å². The normalized spacial score (nSPS) is 50.1. The summed E-state index contributed by atoms with van der Waals surface area (Å²) in [4.78, 5) is 0. The van der Waals surface area contributed by atoms with Gasteiger partial charge in [0.15, 0.2) is 0 Å². The molecule has 5 atom stereocenters. The summed E-state index contributed by atoms with van der Waals surface area (Å²) in [6, 6.07) is 0. The van der Waals surface area contributed by atoms with Crippen LogP contribution in [0.4, 0.5) is 0 Å². The maximum Gasteiger partial charge on any atom is -0.0297 e. The molecule has 0 heterocycles. The predicted octanol–water partition coefficient (Wildman–Crippen LogP) is 6.30. The van der Waals surface area contributed by atoms with Crippen LogP contribution >= 0.6 is 0 Å². The number of rotatable bonds is 0. The first-order valence-electron chi connectivity index (χ1n) is 9.14. The summed E-state index contributed by atoms with van der Waals surface area (Å²) in [5, 5.41) is 0. The van der Waals surface area contributed by atoms with Crippen molar-refractivity contribution in [2.45, 2.75) is 86.5 Å². The average molecular weight is 277 g/mol. The molecule has 0 aromatic carbocycles. The van der Waals surface area contributed by atoms with E-state index in [1.165, 1.54) is 44.9 Å². The van der Waals surface area contributed by atoms with Crippen LogP contribution in [0.15, 0.2) is 0 Å². The van der Waals surface area contributed by atoms with Crippen molar-refractivity contribution in [1.82, 2.24) is 0 Å². The lowest BCUT2D eigenvalue weighted by Gasteiger charge is -2.35. The van der Waals surface area contributed by atoms with E-state index in [9.17, 15) is 0 Å². The Balaban J connectivity index is 0.000000121. The molecule has 0 amide bonds. The summed E-state index contributed by atoms with van der Waals surface area (Å²) >= 11 is 0. The van der Waals surface area contributed by atoms with Gasteiger partial charge >= 0.3 is 0 Å². The molecule has 0 N–H and O–H groups in total. The lowest BCUT2D eigenvalue weighted by Crippen LogP contribution is -2.28. The highest BCUT2D eigenvalue weighted by molar-refractivity contribution is 5.02. The number of fused-ring (bicyclic) bond motifs is 4. The molecule has 0 saturated heterocycles. The number of hydrogen-bond acceptors (Lipinski definition) is 0. The standard InChI is InChI=1S/2C10H18/c1-9(2)7-10(3)5-4-8(9)6-10;1-7-8-4-5-9(6-8)10(7,2)3/h8H,4-7H2,1-3H3;7-9H,4-6H2,1-3H3/t8-,10+;7-,8-,9+/m10/s1. The second-order valence-corrected chi connectivity index (χ2v) is 10.3. The zero-order valence-corrected chi connectivity index (χ0v) is 14.8. The Kier molecular flexibility index (Phi) is 3.35. The first-order valence-corrected chi connectivity index (χ1v) is 9.14. The van der Waals surface area contributed by atoms with E-state index >= 15 is 0 Å². The highest BCUT2D eigenvalue weighted by Crippen LogP contribution is 2.62. The summed E-state index contributed by atoms with van der Waals surface area (Å²) in [7, 11) is 0. The van der Waals surface area contributed by atoms with Crippen molar-refractivity contribution in [2.24, 2.45) is 39.9 Å². The minimum atomic E-state index is 0.670. The lowest BCUT2D eigenvalue weighted by molar-refractivity contribution is 0.137. The Labute approximate surface area is 127 Å². The highest BCUT2D eigenvalue weighted by Gasteiger charge is 2.51. The van der Waals surface area contributed by atoms with Gasteiger partial charge in [-0.15, -0.1) is 0 Å². The van der Waals surface area contributed by atoms with E-state index in [1.54, 1.807) is 0 Å². The van der Waals surface area contributed by atoms with Crippen molar-refractivity contribution in [3.8, 4) is 0 Å². The van der Waals surface area contributed by atoms with E-state index in [0.29, 0.717) is 10.8 Å². The Hall–Kier alpha value is 0. The van der Waals surface area contributed by atoms with Gasteiger partial charge in [0.2, 0.25) is 0 Å². The van der Waals surface area contributed by atoms with E-state index in [2.05, 4.69) is 41.5 Å². The van der Waals surface area contributed by atoms with Gasteiger partial charge in [-0.05, 0) is 84.9 Å². The molecule has 116 valence electrons. The monoisotopic (exact) mass is 276 g/mol. The third kappa shape index (κ3) is 2.26. The van der Waals surface area contributed by atoms with Crippen LogP contribution in [0.3, 0.4) is 0 Å². The maximum absolute atomic E-state index is 2.47. The van der Waals surface area contributed by atoms with Crippen LogP contribution in [0.5, 0.6) is 0 Å². The van der Waals surface area contributed by atoms with Crippen LogP contribution < -0.4 is 0 Å². The minimum absolute atomic E-state index is 0.670. The van der Waals surface area contributed by atoms with Crippen molar-refractivity contribution < 1.29 is 0 Å². The molecule has 4 aliphatic carbocycles. The minimum Gasteiger partial charge on any atom is -0.0617 e. The molecule has 4 bridgehead atoms. The molecule has 0 nitrogen and oxygen atoms in total. The molecular weight excluding hydrogens is 240 g/mol. The predicted molar refractivity (Wildman–Crippen MR) is 87.6 cm³/mol. The van der Waals surface area contributed by atoms with Gasteiger partial charge in [0, 0.05) is 0 Å². The molecule has 0 spiro atoms. The van der Waals surface area contributed by atoms with Gasteiger partial charge in [-0.2, -0.15) is 0 Å². The van der Waals surface area contributed by atoms with Crippen molar-refractivity contribution in [3.63, 3.8) is 0 Å². The van der Waals surface area contributed by atoms with Gasteiger partial charge in [-0.3, -0.25) is 0 Å².